The minimum atomic E-state index is -0.0789. The molecule has 0 aliphatic heterocycles. The van der Waals surface area contributed by atoms with Crippen LogP contribution in [0.25, 0.3) is 0 Å². The topological polar surface area (TPSA) is 42.2 Å². The molecule has 0 unspecified atom stereocenters. The smallest absolute Gasteiger partial charge is 0.261 e. The van der Waals surface area contributed by atoms with Crippen LogP contribution in [0.4, 0.5) is 0 Å². The van der Waals surface area contributed by atoms with E-state index in [1.165, 1.54) is 11.3 Å². The van der Waals surface area contributed by atoms with Gasteiger partial charge in [0.25, 0.3) is 5.91 Å². The van der Waals surface area contributed by atoms with Gasteiger partial charge >= 0.3 is 0 Å². The molecule has 2 heterocycles. The first-order chi connectivity index (χ1) is 7.65. The van der Waals surface area contributed by atoms with Gasteiger partial charge in [0.05, 0.1) is 15.2 Å². The molecule has 0 spiro atoms. The molecule has 0 radical (unpaired) electrons. The number of carbonyl (C=O) groups excluding carboxylic acids is 1. The van der Waals surface area contributed by atoms with Gasteiger partial charge in [0.2, 0.25) is 0 Å². The summed E-state index contributed by atoms with van der Waals surface area (Å²) >= 11 is 4.73. The first-order valence-electron chi connectivity index (χ1n) is 4.74. The highest BCUT2D eigenvalue weighted by Gasteiger charge is 2.08. The Morgan fingerprint density at radius 1 is 1.44 bits per heavy atom. The van der Waals surface area contributed by atoms with E-state index in [1.54, 1.807) is 6.07 Å². The molecule has 3 nitrogen and oxygen atoms in total. The zero-order chi connectivity index (χ0) is 11.5. The lowest BCUT2D eigenvalue weighted by Gasteiger charge is -2.00. The average Bonchev–Trinajstić information content (AvgIpc) is 2.84. The maximum absolute atomic E-state index is 11.7. The summed E-state index contributed by atoms with van der Waals surface area (Å²) in [7, 11) is 0. The predicted octanol–water partition coefficient (Wildman–Crippen LogP) is 3.34. The highest BCUT2D eigenvalue weighted by Crippen LogP contribution is 2.21. The second-order valence-electron chi connectivity index (χ2n) is 3.30. The van der Waals surface area contributed by atoms with Crippen molar-refractivity contribution in [3.05, 3.63) is 44.4 Å². The Morgan fingerprint density at radius 2 is 2.25 bits per heavy atom. The Balaban J connectivity index is 1.93. The highest BCUT2D eigenvalue weighted by atomic mass is 79.9. The zero-order valence-corrected chi connectivity index (χ0v) is 11.0. The molecule has 0 bridgehead atoms. The predicted molar refractivity (Wildman–Crippen MR) is 66.6 cm³/mol. The van der Waals surface area contributed by atoms with Gasteiger partial charge in [-0.3, -0.25) is 4.79 Å². The summed E-state index contributed by atoms with van der Waals surface area (Å²) in [5.74, 6) is 1.54. The molecular formula is C11H10BrNO2S. The number of carbonyl (C=O) groups is 1. The van der Waals surface area contributed by atoms with Crippen molar-refractivity contribution in [3.63, 3.8) is 0 Å². The first-order valence-corrected chi connectivity index (χ1v) is 6.35. The van der Waals surface area contributed by atoms with Gasteiger partial charge in [-0.05, 0) is 47.1 Å². The van der Waals surface area contributed by atoms with Crippen molar-refractivity contribution in [1.82, 2.24) is 5.32 Å². The number of aryl methyl sites for hydroxylation is 1. The fourth-order valence-corrected chi connectivity index (χ4v) is 2.57. The molecular weight excluding hydrogens is 290 g/mol. The van der Waals surface area contributed by atoms with Crippen LogP contribution in [0.2, 0.25) is 0 Å². The zero-order valence-electron chi connectivity index (χ0n) is 8.62. The number of thiophene rings is 1. The minimum absolute atomic E-state index is 0.0789. The number of furan rings is 1. The van der Waals surface area contributed by atoms with Gasteiger partial charge in [0.1, 0.15) is 11.5 Å². The van der Waals surface area contributed by atoms with Crippen molar-refractivity contribution in [1.29, 1.82) is 0 Å². The van der Waals surface area contributed by atoms with E-state index in [0.717, 1.165) is 15.3 Å². The van der Waals surface area contributed by atoms with E-state index in [0.29, 0.717) is 11.4 Å². The third kappa shape index (κ3) is 2.74. The normalized spacial score (nSPS) is 10.4. The Bertz CT molecular complexity index is 504. The molecule has 0 aliphatic rings. The number of nitrogens with one attached hydrogen (secondary N) is 1. The quantitative estimate of drug-likeness (QED) is 0.944. The van der Waals surface area contributed by atoms with Crippen LogP contribution >= 0.6 is 27.3 Å². The molecule has 84 valence electrons. The van der Waals surface area contributed by atoms with E-state index in [1.807, 2.05) is 25.1 Å². The van der Waals surface area contributed by atoms with Crippen LogP contribution in [0, 0.1) is 6.92 Å². The third-order valence-corrected chi connectivity index (χ3v) is 3.64. The van der Waals surface area contributed by atoms with Crippen LogP contribution in [-0.2, 0) is 6.54 Å². The van der Waals surface area contributed by atoms with E-state index in [4.69, 9.17) is 4.42 Å². The maximum atomic E-state index is 11.7. The summed E-state index contributed by atoms with van der Waals surface area (Å²) in [5, 5.41) is 2.80. The lowest BCUT2D eigenvalue weighted by Crippen LogP contribution is -2.21. The van der Waals surface area contributed by atoms with E-state index in [-0.39, 0.29) is 5.91 Å². The van der Waals surface area contributed by atoms with Crippen molar-refractivity contribution < 1.29 is 9.21 Å². The van der Waals surface area contributed by atoms with Crippen LogP contribution in [-0.4, -0.2) is 5.91 Å². The van der Waals surface area contributed by atoms with Gasteiger partial charge in [-0.15, -0.1) is 11.3 Å². The summed E-state index contributed by atoms with van der Waals surface area (Å²) in [4.78, 5) is 12.4. The number of hydrogen-bond acceptors (Lipinski definition) is 3. The average molecular weight is 300 g/mol. The molecule has 0 atom stereocenters. The number of halogens is 1. The summed E-state index contributed by atoms with van der Waals surface area (Å²) < 4.78 is 6.30. The number of amides is 1. The van der Waals surface area contributed by atoms with Crippen molar-refractivity contribution in [2.24, 2.45) is 0 Å². The number of rotatable bonds is 3. The summed E-state index contributed by atoms with van der Waals surface area (Å²) in [5.41, 5.74) is 0. The molecule has 1 N–H and O–H groups in total. The molecule has 2 aromatic heterocycles. The Kier molecular flexibility index (Phi) is 3.46. The summed E-state index contributed by atoms with van der Waals surface area (Å²) in [6, 6.07) is 7.39. The maximum Gasteiger partial charge on any atom is 0.261 e. The number of hydrogen-bond donors (Lipinski definition) is 1. The molecule has 0 fully saturated rings. The Morgan fingerprint density at radius 3 is 2.81 bits per heavy atom. The largest absolute Gasteiger partial charge is 0.465 e. The van der Waals surface area contributed by atoms with Gasteiger partial charge in [0, 0.05) is 0 Å². The van der Waals surface area contributed by atoms with Gasteiger partial charge < -0.3 is 9.73 Å². The molecule has 0 aliphatic carbocycles. The van der Waals surface area contributed by atoms with Gasteiger partial charge in [-0.2, -0.15) is 0 Å². The van der Waals surface area contributed by atoms with Crippen molar-refractivity contribution in [2.45, 2.75) is 13.5 Å². The minimum Gasteiger partial charge on any atom is -0.465 e. The second kappa shape index (κ2) is 4.84. The highest BCUT2D eigenvalue weighted by molar-refractivity contribution is 9.11. The molecule has 1 amide bonds. The van der Waals surface area contributed by atoms with E-state index < -0.39 is 0 Å². The molecule has 16 heavy (non-hydrogen) atoms. The van der Waals surface area contributed by atoms with Crippen LogP contribution in [0.1, 0.15) is 21.2 Å². The summed E-state index contributed by atoms with van der Waals surface area (Å²) in [6.45, 7) is 2.30. The van der Waals surface area contributed by atoms with Crippen LogP contribution in [0.5, 0.6) is 0 Å². The van der Waals surface area contributed by atoms with Crippen molar-refractivity contribution in [2.75, 3.05) is 0 Å². The molecule has 0 saturated heterocycles. The standard InChI is InChI=1S/C11H10BrNO2S/c1-7-2-3-8(15-7)6-13-11(14)9-4-5-10(12)16-9/h2-5H,6H2,1H3,(H,13,14). The molecule has 2 rings (SSSR count). The van der Waals surface area contributed by atoms with Crippen LogP contribution in [0.3, 0.4) is 0 Å². The lowest BCUT2D eigenvalue weighted by molar-refractivity contribution is 0.0952. The third-order valence-electron chi connectivity index (χ3n) is 2.02. The molecule has 5 heteroatoms. The SMILES string of the molecule is Cc1ccc(CNC(=O)c2ccc(Br)s2)o1. The molecule has 0 saturated carbocycles. The lowest BCUT2D eigenvalue weighted by atomic mass is 10.4. The first kappa shape index (κ1) is 11.4. The Hall–Kier alpha value is -1.07. The van der Waals surface area contributed by atoms with E-state index in [9.17, 15) is 4.79 Å². The van der Waals surface area contributed by atoms with E-state index in [2.05, 4.69) is 21.2 Å². The fraction of sp³-hybridized carbons (Fsp3) is 0.182. The summed E-state index contributed by atoms with van der Waals surface area (Å²) in [6.07, 6.45) is 0. The van der Waals surface area contributed by atoms with Gasteiger partial charge in [-0.25, -0.2) is 0 Å². The van der Waals surface area contributed by atoms with Gasteiger partial charge in [-0.1, -0.05) is 0 Å². The Labute approximate surface area is 106 Å². The molecule has 2 aromatic rings. The fourth-order valence-electron chi connectivity index (χ4n) is 1.27. The second-order valence-corrected chi connectivity index (χ2v) is 5.76. The monoisotopic (exact) mass is 299 g/mol. The van der Waals surface area contributed by atoms with Crippen molar-refractivity contribution >= 4 is 33.2 Å². The van der Waals surface area contributed by atoms with E-state index >= 15 is 0 Å². The van der Waals surface area contributed by atoms with Gasteiger partial charge in [0.15, 0.2) is 0 Å². The molecule has 0 aromatic carbocycles. The van der Waals surface area contributed by atoms with Crippen molar-refractivity contribution in [3.8, 4) is 0 Å². The van der Waals surface area contributed by atoms with Crippen LogP contribution < -0.4 is 5.32 Å². The van der Waals surface area contributed by atoms with Crippen LogP contribution in [0.15, 0.2) is 32.5 Å².